The molecule has 2 N–H and O–H groups in total. The Kier molecular flexibility index (Phi) is 5.87. The minimum atomic E-state index is -0.515. The van der Waals surface area contributed by atoms with Crippen molar-refractivity contribution >= 4 is 29.0 Å². The Labute approximate surface area is 151 Å². The van der Waals surface area contributed by atoms with Crippen molar-refractivity contribution < 1.29 is 9.18 Å². The molecule has 2 aromatic rings. The van der Waals surface area contributed by atoms with E-state index in [1.165, 1.54) is 43.9 Å². The number of halogens is 2. The first kappa shape index (κ1) is 17.7. The van der Waals surface area contributed by atoms with Gasteiger partial charge in [0.2, 0.25) is 0 Å². The van der Waals surface area contributed by atoms with Gasteiger partial charge in [0.15, 0.2) is 0 Å². The van der Waals surface area contributed by atoms with Gasteiger partial charge in [-0.3, -0.25) is 4.79 Å². The minimum absolute atomic E-state index is 0.0248. The van der Waals surface area contributed by atoms with Gasteiger partial charge in [-0.2, -0.15) is 0 Å². The first-order chi connectivity index (χ1) is 12.1. The molecule has 1 aliphatic rings. The highest BCUT2D eigenvalue weighted by atomic mass is 35.5. The van der Waals surface area contributed by atoms with Crippen molar-refractivity contribution in [1.29, 1.82) is 0 Å². The molecule has 1 fully saturated rings. The van der Waals surface area contributed by atoms with E-state index in [1.54, 1.807) is 18.3 Å². The maximum absolute atomic E-state index is 13.2. The number of hydrogen-bond acceptors (Lipinski definition) is 3. The van der Waals surface area contributed by atoms with Gasteiger partial charge in [0.1, 0.15) is 11.6 Å². The number of nitrogens with one attached hydrogen (secondary N) is 2. The Hall–Kier alpha value is -2.14. The van der Waals surface area contributed by atoms with Crippen molar-refractivity contribution in [2.75, 3.05) is 10.6 Å². The second kappa shape index (κ2) is 8.30. The standard InChI is InChI=1S/C19H21ClFN3O/c20-16-12-15(7-8-17(16)21)24-19(25)13-9-10-22-18(11-13)23-14-5-3-1-2-4-6-14/h7-12,14H,1-6H2,(H,22,23)(H,24,25). The molecule has 0 radical (unpaired) electrons. The summed E-state index contributed by atoms with van der Waals surface area (Å²) in [6.07, 6.45) is 8.90. The number of rotatable bonds is 4. The molecule has 1 heterocycles. The third-order valence-electron chi connectivity index (χ3n) is 4.41. The van der Waals surface area contributed by atoms with Crippen molar-refractivity contribution in [3.63, 3.8) is 0 Å². The number of benzene rings is 1. The van der Waals surface area contributed by atoms with E-state index in [2.05, 4.69) is 15.6 Å². The highest BCUT2D eigenvalue weighted by molar-refractivity contribution is 6.31. The Bertz CT molecular complexity index is 745. The fourth-order valence-electron chi connectivity index (χ4n) is 3.06. The fourth-order valence-corrected chi connectivity index (χ4v) is 3.24. The van der Waals surface area contributed by atoms with Gasteiger partial charge in [0.25, 0.3) is 5.91 Å². The summed E-state index contributed by atoms with van der Waals surface area (Å²) in [5, 5.41) is 6.13. The number of hydrogen-bond donors (Lipinski definition) is 2. The second-order valence-electron chi connectivity index (χ2n) is 6.35. The molecule has 1 aliphatic carbocycles. The highest BCUT2D eigenvalue weighted by Gasteiger charge is 2.14. The zero-order chi connectivity index (χ0) is 17.6. The van der Waals surface area contributed by atoms with Gasteiger partial charge in [0, 0.05) is 23.5 Å². The molecule has 3 rings (SSSR count). The highest BCUT2D eigenvalue weighted by Crippen LogP contribution is 2.22. The molecule has 6 heteroatoms. The van der Waals surface area contributed by atoms with E-state index < -0.39 is 5.82 Å². The molecule has 0 spiro atoms. The lowest BCUT2D eigenvalue weighted by Crippen LogP contribution is -2.20. The van der Waals surface area contributed by atoms with Crippen LogP contribution in [0, 0.1) is 5.82 Å². The Balaban J connectivity index is 1.67. The van der Waals surface area contributed by atoms with E-state index in [4.69, 9.17) is 11.6 Å². The number of pyridine rings is 1. The van der Waals surface area contributed by atoms with Crippen LogP contribution in [0.15, 0.2) is 36.5 Å². The maximum Gasteiger partial charge on any atom is 0.255 e. The quantitative estimate of drug-likeness (QED) is 0.730. The monoisotopic (exact) mass is 361 g/mol. The van der Waals surface area contributed by atoms with Crippen LogP contribution in [-0.4, -0.2) is 16.9 Å². The molecule has 0 saturated heterocycles. The average molecular weight is 362 g/mol. The zero-order valence-electron chi connectivity index (χ0n) is 13.9. The zero-order valence-corrected chi connectivity index (χ0v) is 14.7. The second-order valence-corrected chi connectivity index (χ2v) is 6.75. The number of aromatic nitrogens is 1. The van der Waals surface area contributed by atoms with E-state index >= 15 is 0 Å². The smallest absolute Gasteiger partial charge is 0.255 e. The Morgan fingerprint density at radius 2 is 1.88 bits per heavy atom. The SMILES string of the molecule is O=C(Nc1ccc(F)c(Cl)c1)c1ccnc(NC2CCCCCC2)c1. The first-order valence-corrected chi connectivity index (χ1v) is 8.98. The van der Waals surface area contributed by atoms with E-state index in [0.717, 1.165) is 12.8 Å². The average Bonchev–Trinajstić information content (AvgIpc) is 2.87. The van der Waals surface area contributed by atoms with Crippen LogP contribution >= 0.6 is 11.6 Å². The summed E-state index contributed by atoms with van der Waals surface area (Å²) >= 11 is 5.74. The summed E-state index contributed by atoms with van der Waals surface area (Å²) in [4.78, 5) is 16.7. The van der Waals surface area contributed by atoms with Crippen LogP contribution in [0.5, 0.6) is 0 Å². The normalized spacial score (nSPS) is 15.4. The summed E-state index contributed by atoms with van der Waals surface area (Å²) < 4.78 is 13.2. The van der Waals surface area contributed by atoms with E-state index in [9.17, 15) is 9.18 Å². The summed E-state index contributed by atoms with van der Waals surface area (Å²) in [6.45, 7) is 0. The van der Waals surface area contributed by atoms with Gasteiger partial charge in [-0.15, -0.1) is 0 Å². The van der Waals surface area contributed by atoms with Crippen molar-refractivity contribution in [2.24, 2.45) is 0 Å². The lowest BCUT2D eigenvalue weighted by atomic mass is 10.1. The number of carbonyl (C=O) groups is 1. The molecular formula is C19H21ClFN3O. The predicted molar refractivity (Wildman–Crippen MR) is 98.7 cm³/mol. The van der Waals surface area contributed by atoms with Gasteiger partial charge in [-0.25, -0.2) is 9.37 Å². The van der Waals surface area contributed by atoms with Crippen molar-refractivity contribution in [3.05, 3.63) is 52.9 Å². The minimum Gasteiger partial charge on any atom is -0.367 e. The van der Waals surface area contributed by atoms with Crippen LogP contribution in [0.25, 0.3) is 0 Å². The van der Waals surface area contributed by atoms with Crippen LogP contribution in [0.3, 0.4) is 0 Å². The number of nitrogens with zero attached hydrogens (tertiary/aromatic N) is 1. The molecule has 1 aromatic carbocycles. The number of anilines is 2. The van der Waals surface area contributed by atoms with Gasteiger partial charge < -0.3 is 10.6 Å². The summed E-state index contributed by atoms with van der Waals surface area (Å²) in [5.74, 6) is -0.0934. The van der Waals surface area contributed by atoms with Gasteiger partial charge in [0.05, 0.1) is 5.02 Å². The predicted octanol–water partition coefficient (Wildman–Crippen LogP) is 5.26. The third kappa shape index (κ3) is 4.92. The van der Waals surface area contributed by atoms with Crippen LogP contribution in [-0.2, 0) is 0 Å². The largest absolute Gasteiger partial charge is 0.367 e. The van der Waals surface area contributed by atoms with Crippen molar-refractivity contribution in [1.82, 2.24) is 4.98 Å². The van der Waals surface area contributed by atoms with Crippen molar-refractivity contribution in [2.45, 2.75) is 44.6 Å². The number of amides is 1. The molecule has 1 amide bonds. The van der Waals surface area contributed by atoms with Crippen LogP contribution in [0.4, 0.5) is 15.9 Å². The molecule has 4 nitrogen and oxygen atoms in total. The molecule has 25 heavy (non-hydrogen) atoms. The molecular weight excluding hydrogens is 341 g/mol. The summed E-state index contributed by atoms with van der Waals surface area (Å²) in [5.41, 5.74) is 0.943. The molecule has 1 saturated carbocycles. The maximum atomic E-state index is 13.2. The number of carbonyl (C=O) groups excluding carboxylic acids is 1. The van der Waals surface area contributed by atoms with Crippen LogP contribution < -0.4 is 10.6 Å². The molecule has 0 aliphatic heterocycles. The first-order valence-electron chi connectivity index (χ1n) is 8.61. The summed E-state index contributed by atoms with van der Waals surface area (Å²) in [7, 11) is 0. The van der Waals surface area contributed by atoms with Crippen LogP contribution in [0.1, 0.15) is 48.9 Å². The van der Waals surface area contributed by atoms with Gasteiger partial charge in [-0.1, -0.05) is 37.3 Å². The topological polar surface area (TPSA) is 54.0 Å². The summed E-state index contributed by atoms with van der Waals surface area (Å²) in [6, 6.07) is 7.89. The van der Waals surface area contributed by atoms with Crippen LogP contribution in [0.2, 0.25) is 5.02 Å². The molecule has 0 atom stereocenters. The fraction of sp³-hybridized carbons (Fsp3) is 0.368. The third-order valence-corrected chi connectivity index (χ3v) is 4.70. The molecule has 0 unspecified atom stereocenters. The van der Waals surface area contributed by atoms with E-state index in [-0.39, 0.29) is 10.9 Å². The lowest BCUT2D eigenvalue weighted by Gasteiger charge is -2.17. The molecule has 132 valence electrons. The molecule has 0 bridgehead atoms. The lowest BCUT2D eigenvalue weighted by molar-refractivity contribution is 0.102. The van der Waals surface area contributed by atoms with Crippen molar-refractivity contribution in [3.8, 4) is 0 Å². The Morgan fingerprint density at radius 3 is 2.60 bits per heavy atom. The van der Waals surface area contributed by atoms with E-state index in [1.807, 2.05) is 0 Å². The van der Waals surface area contributed by atoms with E-state index in [0.29, 0.717) is 23.1 Å². The van der Waals surface area contributed by atoms with Gasteiger partial charge >= 0.3 is 0 Å². The Morgan fingerprint density at radius 1 is 1.12 bits per heavy atom. The van der Waals surface area contributed by atoms with Gasteiger partial charge in [-0.05, 0) is 43.2 Å². The molecule has 1 aromatic heterocycles.